The maximum atomic E-state index is 13.2. The zero-order valence-corrected chi connectivity index (χ0v) is 14.9. The third-order valence-electron chi connectivity index (χ3n) is 4.05. The van der Waals surface area contributed by atoms with Gasteiger partial charge in [-0.2, -0.15) is 18.2 Å². The number of alkyl halides is 3. The van der Waals surface area contributed by atoms with E-state index in [1.165, 1.54) is 0 Å². The van der Waals surface area contributed by atoms with E-state index in [1.807, 2.05) is 45.0 Å². The molecule has 0 bridgehead atoms. The summed E-state index contributed by atoms with van der Waals surface area (Å²) in [5.74, 6) is -0.0973. The Kier molecular flexibility index (Phi) is 6.42. The molecule has 1 aromatic heterocycles. The Balaban J connectivity index is 2.27. The summed E-state index contributed by atoms with van der Waals surface area (Å²) < 4.78 is 39.5. The zero-order chi connectivity index (χ0) is 19.3. The van der Waals surface area contributed by atoms with E-state index in [9.17, 15) is 18.3 Å². The molecule has 0 aliphatic rings. The van der Waals surface area contributed by atoms with Crippen molar-refractivity contribution in [1.29, 1.82) is 0 Å². The van der Waals surface area contributed by atoms with Gasteiger partial charge < -0.3 is 15.7 Å². The van der Waals surface area contributed by atoms with E-state index in [0.29, 0.717) is 6.54 Å². The highest BCUT2D eigenvalue weighted by Crippen LogP contribution is 2.30. The Bertz CT molecular complexity index is 735. The summed E-state index contributed by atoms with van der Waals surface area (Å²) in [7, 11) is 0. The summed E-state index contributed by atoms with van der Waals surface area (Å²) in [6, 6.07) is 8.03. The van der Waals surface area contributed by atoms with Crippen molar-refractivity contribution in [2.45, 2.75) is 39.5 Å². The van der Waals surface area contributed by atoms with Crippen LogP contribution in [-0.4, -0.2) is 27.7 Å². The van der Waals surface area contributed by atoms with Gasteiger partial charge in [0, 0.05) is 12.6 Å². The van der Waals surface area contributed by atoms with Crippen molar-refractivity contribution >= 4 is 11.8 Å². The summed E-state index contributed by atoms with van der Waals surface area (Å²) in [5, 5.41) is 15.1. The SMILES string of the molecule is Cc1ccccc1CNc1cc(C(F)(F)F)nc(N[C@@H](CO)C(C)C)n1. The standard InChI is InChI=1S/C18H23F3N4O/c1-11(2)14(10-26)23-17-24-15(18(19,20)21)8-16(25-17)22-9-13-7-5-4-6-12(13)3/h4-8,11,14,26H,9-10H2,1-3H3,(H2,22,23,24,25)/t14-/m0/s1. The zero-order valence-electron chi connectivity index (χ0n) is 14.9. The Morgan fingerprint density at radius 2 is 1.85 bits per heavy atom. The molecular weight excluding hydrogens is 345 g/mol. The van der Waals surface area contributed by atoms with Crippen LogP contribution in [0, 0.1) is 12.8 Å². The second kappa shape index (κ2) is 8.35. The molecule has 0 saturated carbocycles. The van der Waals surface area contributed by atoms with Crippen LogP contribution in [0.4, 0.5) is 24.9 Å². The van der Waals surface area contributed by atoms with Crippen LogP contribution in [-0.2, 0) is 12.7 Å². The summed E-state index contributed by atoms with van der Waals surface area (Å²) in [4.78, 5) is 7.67. The fraction of sp³-hybridized carbons (Fsp3) is 0.444. The first kappa shape index (κ1) is 20.0. The van der Waals surface area contributed by atoms with Gasteiger partial charge in [0.05, 0.1) is 12.6 Å². The topological polar surface area (TPSA) is 70.1 Å². The monoisotopic (exact) mass is 368 g/mol. The third-order valence-corrected chi connectivity index (χ3v) is 4.05. The number of benzene rings is 1. The van der Waals surface area contributed by atoms with Gasteiger partial charge in [-0.1, -0.05) is 38.1 Å². The van der Waals surface area contributed by atoms with E-state index in [1.54, 1.807) is 0 Å². The molecule has 2 rings (SSSR count). The molecule has 0 radical (unpaired) electrons. The molecule has 26 heavy (non-hydrogen) atoms. The van der Waals surface area contributed by atoms with Crippen LogP contribution < -0.4 is 10.6 Å². The Morgan fingerprint density at radius 1 is 1.15 bits per heavy atom. The fourth-order valence-electron chi connectivity index (χ4n) is 2.33. The molecule has 0 saturated heterocycles. The molecule has 1 heterocycles. The highest BCUT2D eigenvalue weighted by Gasteiger charge is 2.34. The second-order valence-electron chi connectivity index (χ2n) is 6.42. The summed E-state index contributed by atoms with van der Waals surface area (Å²) in [6.07, 6.45) is -4.59. The lowest BCUT2D eigenvalue weighted by molar-refractivity contribution is -0.141. The number of hydrogen-bond acceptors (Lipinski definition) is 5. The Labute approximate surface area is 150 Å². The fourth-order valence-corrected chi connectivity index (χ4v) is 2.33. The molecule has 0 aliphatic carbocycles. The normalized spacial score (nSPS) is 12.9. The van der Waals surface area contributed by atoms with Gasteiger partial charge in [-0.15, -0.1) is 0 Å². The van der Waals surface area contributed by atoms with Gasteiger partial charge in [0.25, 0.3) is 0 Å². The molecule has 142 valence electrons. The second-order valence-corrected chi connectivity index (χ2v) is 6.42. The predicted molar refractivity (Wildman–Crippen MR) is 94.9 cm³/mol. The summed E-state index contributed by atoms with van der Waals surface area (Å²) in [6.45, 7) is 5.73. The molecule has 0 fully saturated rings. The molecular formula is C18H23F3N4O. The van der Waals surface area contributed by atoms with Crippen molar-refractivity contribution in [3.05, 3.63) is 47.2 Å². The average Bonchev–Trinajstić information content (AvgIpc) is 2.57. The van der Waals surface area contributed by atoms with Crippen LogP contribution in [0.5, 0.6) is 0 Å². The lowest BCUT2D eigenvalue weighted by atomic mass is 10.1. The van der Waals surface area contributed by atoms with Gasteiger partial charge in [-0.05, 0) is 24.0 Å². The van der Waals surface area contributed by atoms with Crippen LogP contribution in [0.1, 0.15) is 30.7 Å². The van der Waals surface area contributed by atoms with E-state index in [2.05, 4.69) is 20.6 Å². The molecule has 0 amide bonds. The lowest BCUT2D eigenvalue weighted by Gasteiger charge is -2.21. The molecule has 5 nitrogen and oxygen atoms in total. The molecule has 2 aromatic rings. The van der Waals surface area contributed by atoms with Crippen molar-refractivity contribution < 1.29 is 18.3 Å². The summed E-state index contributed by atoms with van der Waals surface area (Å²) >= 11 is 0. The van der Waals surface area contributed by atoms with Gasteiger partial charge in [0.2, 0.25) is 5.95 Å². The average molecular weight is 368 g/mol. The predicted octanol–water partition coefficient (Wildman–Crippen LogP) is 3.84. The number of anilines is 2. The number of hydrogen-bond donors (Lipinski definition) is 3. The van der Waals surface area contributed by atoms with Crippen molar-refractivity contribution in [2.75, 3.05) is 17.2 Å². The number of aryl methyl sites for hydroxylation is 1. The maximum absolute atomic E-state index is 13.2. The minimum Gasteiger partial charge on any atom is -0.394 e. The van der Waals surface area contributed by atoms with E-state index in [0.717, 1.165) is 17.2 Å². The first-order valence-electron chi connectivity index (χ1n) is 8.32. The van der Waals surface area contributed by atoms with Crippen molar-refractivity contribution in [2.24, 2.45) is 5.92 Å². The van der Waals surface area contributed by atoms with Crippen molar-refractivity contribution in [3.8, 4) is 0 Å². The number of aliphatic hydroxyl groups is 1. The highest BCUT2D eigenvalue weighted by molar-refractivity contribution is 5.44. The third kappa shape index (κ3) is 5.32. The largest absolute Gasteiger partial charge is 0.433 e. The number of aromatic nitrogens is 2. The smallest absolute Gasteiger partial charge is 0.394 e. The van der Waals surface area contributed by atoms with Crippen LogP contribution in [0.2, 0.25) is 0 Å². The number of nitrogens with zero attached hydrogens (tertiary/aromatic N) is 2. The van der Waals surface area contributed by atoms with Crippen LogP contribution in [0.3, 0.4) is 0 Å². The van der Waals surface area contributed by atoms with Gasteiger partial charge in [-0.25, -0.2) is 4.98 Å². The first-order chi connectivity index (χ1) is 12.2. The first-order valence-corrected chi connectivity index (χ1v) is 8.32. The number of halogens is 3. The molecule has 0 aliphatic heterocycles. The van der Waals surface area contributed by atoms with Crippen molar-refractivity contribution in [3.63, 3.8) is 0 Å². The quantitative estimate of drug-likeness (QED) is 0.693. The minimum absolute atomic E-state index is 0.00141. The molecule has 0 unspecified atom stereocenters. The number of aliphatic hydroxyl groups excluding tert-OH is 1. The number of nitrogens with one attached hydrogen (secondary N) is 2. The van der Waals surface area contributed by atoms with E-state index < -0.39 is 17.9 Å². The Morgan fingerprint density at radius 3 is 2.42 bits per heavy atom. The lowest BCUT2D eigenvalue weighted by Crippen LogP contribution is -2.30. The minimum atomic E-state index is -4.59. The summed E-state index contributed by atoms with van der Waals surface area (Å²) in [5.41, 5.74) is 0.955. The maximum Gasteiger partial charge on any atom is 0.433 e. The highest BCUT2D eigenvalue weighted by atomic mass is 19.4. The molecule has 8 heteroatoms. The van der Waals surface area contributed by atoms with Crippen molar-refractivity contribution in [1.82, 2.24) is 9.97 Å². The van der Waals surface area contributed by atoms with Gasteiger partial charge in [0.1, 0.15) is 5.82 Å². The van der Waals surface area contributed by atoms with E-state index in [4.69, 9.17) is 0 Å². The van der Waals surface area contributed by atoms with Crippen LogP contribution in [0.25, 0.3) is 0 Å². The van der Waals surface area contributed by atoms with Gasteiger partial charge in [-0.3, -0.25) is 0 Å². The Hall–Kier alpha value is -2.35. The van der Waals surface area contributed by atoms with Gasteiger partial charge >= 0.3 is 6.18 Å². The molecule has 3 N–H and O–H groups in total. The van der Waals surface area contributed by atoms with E-state index in [-0.39, 0.29) is 24.3 Å². The van der Waals surface area contributed by atoms with Crippen LogP contribution in [0.15, 0.2) is 30.3 Å². The van der Waals surface area contributed by atoms with Gasteiger partial charge in [0.15, 0.2) is 5.69 Å². The van der Waals surface area contributed by atoms with Crippen LogP contribution >= 0.6 is 0 Å². The van der Waals surface area contributed by atoms with E-state index >= 15 is 0 Å². The molecule has 1 atom stereocenters. The molecule has 0 spiro atoms. The molecule has 1 aromatic carbocycles. The number of rotatable bonds is 7.